The number of para-hydroxylation sites is 1. The number of hydrogen-bond donors (Lipinski definition) is 1. The number of benzene rings is 2. The smallest absolute Gasteiger partial charge is 0.219 e. The number of ketones is 1. The molecule has 1 heterocycles. The van der Waals surface area contributed by atoms with Crippen LogP contribution < -0.4 is 5.62 Å². The Labute approximate surface area is 170 Å². The monoisotopic (exact) mass is 392 g/mol. The Kier molecular flexibility index (Phi) is 6.32. The van der Waals surface area contributed by atoms with E-state index in [0.29, 0.717) is 24.3 Å². The number of rotatable bonds is 8. The van der Waals surface area contributed by atoms with Crippen LogP contribution in [0.3, 0.4) is 0 Å². The summed E-state index contributed by atoms with van der Waals surface area (Å²) in [5, 5.41) is 8.77. The van der Waals surface area contributed by atoms with Gasteiger partial charge in [-0.1, -0.05) is 49.4 Å². The lowest BCUT2D eigenvalue weighted by Crippen LogP contribution is -2.30. The van der Waals surface area contributed by atoms with Crippen molar-refractivity contribution in [2.75, 3.05) is 13.6 Å². The van der Waals surface area contributed by atoms with Crippen molar-refractivity contribution in [3.8, 4) is 0 Å². The third kappa shape index (κ3) is 4.31. The van der Waals surface area contributed by atoms with Gasteiger partial charge in [0.1, 0.15) is 0 Å². The highest BCUT2D eigenvalue weighted by atomic mass is 16.2. The molecule has 29 heavy (non-hydrogen) atoms. The van der Waals surface area contributed by atoms with Crippen molar-refractivity contribution in [2.45, 2.75) is 39.8 Å². The molecule has 6 nitrogen and oxygen atoms in total. The van der Waals surface area contributed by atoms with E-state index in [1.54, 1.807) is 35.6 Å². The van der Waals surface area contributed by atoms with E-state index in [1.165, 1.54) is 0 Å². The molecule has 0 aliphatic heterocycles. The molecule has 3 aromatic rings. The van der Waals surface area contributed by atoms with Crippen LogP contribution in [0, 0.1) is 5.41 Å². The van der Waals surface area contributed by atoms with E-state index in [1.807, 2.05) is 34.9 Å². The molecule has 0 atom stereocenters. The zero-order valence-corrected chi connectivity index (χ0v) is 17.3. The molecule has 0 spiro atoms. The van der Waals surface area contributed by atoms with Gasteiger partial charge in [-0.2, -0.15) is 0 Å². The van der Waals surface area contributed by atoms with Crippen molar-refractivity contribution < 1.29 is 9.59 Å². The molecule has 6 heteroatoms. The quantitative estimate of drug-likeness (QED) is 0.598. The first-order valence-electron chi connectivity index (χ1n) is 9.99. The summed E-state index contributed by atoms with van der Waals surface area (Å²) in [4.78, 5) is 25.9. The fraction of sp³-hybridized carbons (Fsp3) is 0.348. The molecule has 2 aromatic carbocycles. The predicted octanol–water partition coefficient (Wildman–Crippen LogP) is 3.24. The van der Waals surface area contributed by atoms with Crippen LogP contribution in [0.2, 0.25) is 0 Å². The number of fused-ring (bicyclic) bond motifs is 1. The van der Waals surface area contributed by atoms with Gasteiger partial charge in [0.15, 0.2) is 5.78 Å². The Morgan fingerprint density at radius 3 is 2.41 bits per heavy atom. The van der Waals surface area contributed by atoms with Crippen molar-refractivity contribution >= 4 is 22.7 Å². The third-order valence-electron chi connectivity index (χ3n) is 5.36. The first-order valence-corrected chi connectivity index (χ1v) is 9.99. The first-order chi connectivity index (χ1) is 13.9. The normalized spacial score (nSPS) is 11.0. The number of aromatic nitrogens is 2. The Morgan fingerprint density at radius 2 is 1.76 bits per heavy atom. The Bertz CT molecular complexity index is 1080. The molecule has 0 unspecified atom stereocenters. The summed E-state index contributed by atoms with van der Waals surface area (Å²) in [5.74, 6) is 0.0209. The summed E-state index contributed by atoms with van der Waals surface area (Å²) in [6.07, 6.45) is 1.59. The number of imidazole rings is 1. The lowest BCUT2D eigenvalue weighted by Gasteiger charge is -2.15. The first kappa shape index (κ1) is 20.6. The Morgan fingerprint density at radius 1 is 1.03 bits per heavy atom. The summed E-state index contributed by atoms with van der Waals surface area (Å²) in [6, 6.07) is 15.2. The second-order valence-electron chi connectivity index (χ2n) is 7.28. The van der Waals surface area contributed by atoms with Crippen molar-refractivity contribution in [3.05, 3.63) is 65.3 Å². The lowest BCUT2D eigenvalue weighted by atomic mass is 10.1. The van der Waals surface area contributed by atoms with Crippen LogP contribution in [-0.4, -0.2) is 39.3 Å². The predicted molar refractivity (Wildman–Crippen MR) is 114 cm³/mol. The van der Waals surface area contributed by atoms with Crippen molar-refractivity contribution in [1.29, 1.82) is 5.41 Å². The van der Waals surface area contributed by atoms with Gasteiger partial charge in [-0.15, -0.1) is 0 Å². The van der Waals surface area contributed by atoms with Crippen molar-refractivity contribution in [3.63, 3.8) is 0 Å². The average molecular weight is 393 g/mol. The fourth-order valence-electron chi connectivity index (χ4n) is 3.62. The molecule has 0 aliphatic carbocycles. The Hall–Kier alpha value is -3.15. The van der Waals surface area contributed by atoms with E-state index in [-0.39, 0.29) is 18.2 Å². The van der Waals surface area contributed by atoms with Gasteiger partial charge in [-0.25, -0.2) is 0 Å². The number of nitrogens with one attached hydrogen (secondary N) is 1. The number of aryl methyl sites for hydroxylation is 2. The van der Waals surface area contributed by atoms with Crippen LogP contribution >= 0.6 is 0 Å². The van der Waals surface area contributed by atoms with Gasteiger partial charge in [0.25, 0.3) is 0 Å². The number of carbonyl (C=O) groups is 2. The van der Waals surface area contributed by atoms with Crippen LogP contribution in [0.1, 0.15) is 36.2 Å². The van der Waals surface area contributed by atoms with Crippen molar-refractivity contribution in [2.24, 2.45) is 0 Å². The van der Waals surface area contributed by atoms with Crippen LogP contribution in [0.4, 0.5) is 0 Å². The maximum Gasteiger partial charge on any atom is 0.219 e. The number of nitrogens with zero attached hydrogens (tertiary/aromatic N) is 3. The molecule has 0 fully saturated rings. The SMILES string of the molecule is CCc1cccc2c1n(CCCN(C)C(C)=O)c(=N)n2CC(=O)c1ccccc1. The molecule has 1 N–H and O–H groups in total. The standard InChI is InChI=1S/C23H28N4O2/c1-4-18-12-8-13-20-22(18)26(15-9-14-25(3)17(2)28)23(24)27(20)16-21(29)19-10-6-5-7-11-19/h5-8,10-13,24H,4,9,14-16H2,1-3H3. The third-order valence-corrected chi connectivity index (χ3v) is 5.36. The lowest BCUT2D eigenvalue weighted by molar-refractivity contribution is -0.127. The Balaban J connectivity index is 1.98. The minimum Gasteiger partial charge on any atom is -0.346 e. The molecule has 3 rings (SSSR count). The number of carbonyl (C=O) groups excluding carboxylic acids is 2. The molecule has 1 aromatic heterocycles. The van der Waals surface area contributed by atoms with E-state index in [0.717, 1.165) is 29.4 Å². The highest BCUT2D eigenvalue weighted by Gasteiger charge is 2.16. The summed E-state index contributed by atoms with van der Waals surface area (Å²) < 4.78 is 3.76. The van der Waals surface area contributed by atoms with E-state index in [9.17, 15) is 9.59 Å². The summed E-state index contributed by atoms with van der Waals surface area (Å²) in [6.45, 7) is 5.03. The highest BCUT2D eigenvalue weighted by Crippen LogP contribution is 2.20. The van der Waals surface area contributed by atoms with Crippen LogP contribution in [0.25, 0.3) is 11.0 Å². The van der Waals surface area contributed by atoms with Gasteiger partial charge in [0.2, 0.25) is 11.5 Å². The van der Waals surface area contributed by atoms with Crippen LogP contribution in [-0.2, 0) is 24.3 Å². The molecular formula is C23H28N4O2. The van der Waals surface area contributed by atoms with E-state index in [2.05, 4.69) is 13.0 Å². The molecule has 0 radical (unpaired) electrons. The summed E-state index contributed by atoms with van der Waals surface area (Å²) >= 11 is 0. The van der Waals surface area contributed by atoms with Gasteiger partial charge in [0.05, 0.1) is 17.6 Å². The van der Waals surface area contributed by atoms with Gasteiger partial charge >= 0.3 is 0 Å². The molecule has 152 valence electrons. The van der Waals surface area contributed by atoms with Crippen LogP contribution in [0.5, 0.6) is 0 Å². The maximum atomic E-state index is 12.8. The topological polar surface area (TPSA) is 71.1 Å². The van der Waals surface area contributed by atoms with E-state index < -0.39 is 0 Å². The van der Waals surface area contributed by atoms with Gasteiger partial charge < -0.3 is 14.0 Å². The zero-order valence-electron chi connectivity index (χ0n) is 17.3. The largest absolute Gasteiger partial charge is 0.346 e. The van der Waals surface area contributed by atoms with Gasteiger partial charge in [-0.3, -0.25) is 15.0 Å². The van der Waals surface area contributed by atoms with Crippen LogP contribution in [0.15, 0.2) is 48.5 Å². The molecule has 1 amide bonds. The van der Waals surface area contributed by atoms with E-state index >= 15 is 0 Å². The highest BCUT2D eigenvalue weighted by molar-refractivity contribution is 5.96. The van der Waals surface area contributed by atoms with Crippen molar-refractivity contribution in [1.82, 2.24) is 14.0 Å². The minimum atomic E-state index is -0.0126. The summed E-state index contributed by atoms with van der Waals surface area (Å²) in [5.41, 5.74) is 4.03. The second-order valence-corrected chi connectivity index (χ2v) is 7.28. The minimum absolute atomic E-state index is 0.0126. The molecule has 0 aliphatic rings. The van der Waals surface area contributed by atoms with Gasteiger partial charge in [0, 0.05) is 32.6 Å². The van der Waals surface area contributed by atoms with E-state index in [4.69, 9.17) is 5.41 Å². The number of Topliss-reactive ketones (excluding diaryl/α,β-unsaturated/α-hetero) is 1. The second kappa shape index (κ2) is 8.90. The number of hydrogen-bond acceptors (Lipinski definition) is 3. The average Bonchev–Trinajstić information content (AvgIpc) is 3.00. The zero-order chi connectivity index (χ0) is 21.0. The number of amides is 1. The molecule has 0 bridgehead atoms. The molecule has 0 saturated heterocycles. The van der Waals surface area contributed by atoms with Gasteiger partial charge in [-0.05, 0) is 24.5 Å². The maximum absolute atomic E-state index is 12.8. The summed E-state index contributed by atoms with van der Waals surface area (Å²) in [7, 11) is 1.79. The molecular weight excluding hydrogens is 364 g/mol. The molecule has 0 saturated carbocycles. The fourth-order valence-corrected chi connectivity index (χ4v) is 3.62.